The summed E-state index contributed by atoms with van der Waals surface area (Å²) >= 11 is 0. The number of esters is 1. The molecule has 0 bridgehead atoms. The Hall–Kier alpha value is -3.48. The molecule has 7 nitrogen and oxygen atoms in total. The van der Waals surface area contributed by atoms with Gasteiger partial charge in [-0.25, -0.2) is 4.98 Å². The normalized spacial score (nSPS) is 16.1. The van der Waals surface area contributed by atoms with E-state index in [1.807, 2.05) is 30.3 Å². The van der Waals surface area contributed by atoms with Gasteiger partial charge in [-0.15, -0.1) is 0 Å². The number of hydrogen-bond donors (Lipinski definition) is 0. The molecule has 0 saturated heterocycles. The first-order valence-corrected chi connectivity index (χ1v) is 8.83. The van der Waals surface area contributed by atoms with Gasteiger partial charge in [-0.05, 0) is 30.3 Å². The molecule has 2 aliphatic heterocycles. The molecule has 5 rings (SSSR count). The number of carbonyl (C=O) groups is 1. The van der Waals surface area contributed by atoms with Gasteiger partial charge >= 0.3 is 5.97 Å². The highest BCUT2D eigenvalue weighted by atomic mass is 16.7. The third kappa shape index (κ3) is 2.58. The van der Waals surface area contributed by atoms with Gasteiger partial charge in [0, 0.05) is 28.5 Å². The zero-order valence-corrected chi connectivity index (χ0v) is 15.4. The number of benzene rings is 2. The number of pyridine rings is 1. The molecule has 7 heteroatoms. The number of fused-ring (bicyclic) bond motifs is 4. The molecule has 2 aliphatic rings. The predicted octanol–water partition coefficient (Wildman–Crippen LogP) is 3.77. The van der Waals surface area contributed by atoms with Crippen molar-refractivity contribution in [2.45, 2.75) is 12.3 Å². The molecule has 3 heterocycles. The molecule has 0 radical (unpaired) electrons. The van der Waals surface area contributed by atoms with Gasteiger partial charge in [-0.2, -0.15) is 0 Å². The molecule has 0 N–H and O–H groups in total. The summed E-state index contributed by atoms with van der Waals surface area (Å²) in [6.45, 7) is 0.161. The second-order valence-electron chi connectivity index (χ2n) is 6.62. The van der Waals surface area contributed by atoms with Crippen LogP contribution in [-0.4, -0.2) is 32.0 Å². The van der Waals surface area contributed by atoms with Crippen molar-refractivity contribution < 1.29 is 28.5 Å². The Morgan fingerprint density at radius 3 is 2.68 bits per heavy atom. The van der Waals surface area contributed by atoms with Gasteiger partial charge < -0.3 is 23.7 Å². The summed E-state index contributed by atoms with van der Waals surface area (Å²) in [5.74, 6) is 2.47. The molecule has 0 fully saturated rings. The first kappa shape index (κ1) is 16.7. The summed E-state index contributed by atoms with van der Waals surface area (Å²) in [5, 5.41) is 0.903. The summed E-state index contributed by atoms with van der Waals surface area (Å²) in [5.41, 5.74) is 2.43. The van der Waals surface area contributed by atoms with Crippen molar-refractivity contribution in [1.82, 2.24) is 4.98 Å². The lowest BCUT2D eigenvalue weighted by atomic mass is 9.86. The number of aromatic nitrogens is 1. The lowest BCUT2D eigenvalue weighted by Crippen LogP contribution is -2.16. The highest BCUT2D eigenvalue weighted by molar-refractivity contribution is 5.83. The van der Waals surface area contributed by atoms with E-state index in [2.05, 4.69) is 4.98 Å². The van der Waals surface area contributed by atoms with Crippen LogP contribution in [0.5, 0.6) is 28.9 Å². The van der Waals surface area contributed by atoms with Crippen molar-refractivity contribution in [3.05, 3.63) is 47.5 Å². The van der Waals surface area contributed by atoms with Gasteiger partial charge in [0.2, 0.25) is 12.7 Å². The third-order valence-electron chi connectivity index (χ3n) is 5.08. The predicted molar refractivity (Wildman–Crippen MR) is 99.4 cm³/mol. The summed E-state index contributed by atoms with van der Waals surface area (Å²) in [6.07, 6.45) is 0.163. The third-order valence-corrected chi connectivity index (χ3v) is 5.08. The molecule has 142 valence electrons. The van der Waals surface area contributed by atoms with Crippen LogP contribution in [0.25, 0.3) is 10.9 Å². The standard InChI is InChI=1S/C21H17NO6/c1-24-12-3-4-16-11(5-12)6-15-13(8-20(23)25-2)14-7-18-19(27-10-26-18)9-17(14)28-21(15)22-16/h3-7,9,13H,8,10H2,1-2H3. The molecule has 2 aromatic carbocycles. The average Bonchev–Trinajstić information content (AvgIpc) is 3.17. The molecule has 0 saturated carbocycles. The fraction of sp³-hybridized carbons (Fsp3) is 0.238. The van der Waals surface area contributed by atoms with Crippen LogP contribution >= 0.6 is 0 Å². The van der Waals surface area contributed by atoms with Gasteiger partial charge in [-0.1, -0.05) is 0 Å². The monoisotopic (exact) mass is 379 g/mol. The number of nitrogens with zero attached hydrogens (tertiary/aromatic N) is 1. The SMILES string of the molecule is COC(=O)CC1c2cc3c(cc2Oc2nc4ccc(OC)cc4cc21)OCO3. The van der Waals surface area contributed by atoms with E-state index in [0.29, 0.717) is 23.1 Å². The van der Waals surface area contributed by atoms with Crippen LogP contribution in [0.2, 0.25) is 0 Å². The van der Waals surface area contributed by atoms with Crippen LogP contribution in [0.1, 0.15) is 23.5 Å². The lowest BCUT2D eigenvalue weighted by molar-refractivity contribution is -0.140. The minimum Gasteiger partial charge on any atom is -0.497 e. The first-order chi connectivity index (χ1) is 13.7. The number of carbonyl (C=O) groups excluding carboxylic acids is 1. The van der Waals surface area contributed by atoms with Crippen molar-refractivity contribution in [3.63, 3.8) is 0 Å². The Bertz CT molecular complexity index is 1110. The Labute approximate surface area is 160 Å². The van der Waals surface area contributed by atoms with E-state index >= 15 is 0 Å². The van der Waals surface area contributed by atoms with Crippen LogP contribution in [0.4, 0.5) is 0 Å². The highest BCUT2D eigenvalue weighted by Crippen LogP contribution is 2.50. The number of methoxy groups -OCH3 is 2. The van der Waals surface area contributed by atoms with Crippen LogP contribution in [-0.2, 0) is 9.53 Å². The van der Waals surface area contributed by atoms with Crippen molar-refractivity contribution >= 4 is 16.9 Å². The smallest absolute Gasteiger partial charge is 0.306 e. The van der Waals surface area contributed by atoms with E-state index in [0.717, 1.165) is 27.8 Å². The van der Waals surface area contributed by atoms with Gasteiger partial charge in [0.05, 0.1) is 26.2 Å². The quantitative estimate of drug-likeness (QED) is 0.641. The Kier molecular flexibility index (Phi) is 3.75. The van der Waals surface area contributed by atoms with E-state index in [1.165, 1.54) is 7.11 Å². The maximum Gasteiger partial charge on any atom is 0.306 e. The second kappa shape index (κ2) is 6.30. The van der Waals surface area contributed by atoms with E-state index in [4.69, 9.17) is 23.7 Å². The topological polar surface area (TPSA) is 76.1 Å². The van der Waals surface area contributed by atoms with E-state index in [-0.39, 0.29) is 25.1 Å². The van der Waals surface area contributed by atoms with Crippen LogP contribution in [0, 0.1) is 0 Å². The maximum atomic E-state index is 12.1. The molecule has 28 heavy (non-hydrogen) atoms. The van der Waals surface area contributed by atoms with Crippen molar-refractivity contribution in [2.75, 3.05) is 21.0 Å². The van der Waals surface area contributed by atoms with Crippen LogP contribution in [0.15, 0.2) is 36.4 Å². The minimum atomic E-state index is -0.313. The van der Waals surface area contributed by atoms with Crippen molar-refractivity contribution in [3.8, 4) is 28.9 Å². The van der Waals surface area contributed by atoms with E-state index in [9.17, 15) is 4.79 Å². The van der Waals surface area contributed by atoms with Gasteiger partial charge in [0.1, 0.15) is 11.5 Å². The first-order valence-electron chi connectivity index (χ1n) is 8.83. The Morgan fingerprint density at radius 1 is 1.07 bits per heavy atom. The van der Waals surface area contributed by atoms with E-state index < -0.39 is 0 Å². The maximum absolute atomic E-state index is 12.1. The zero-order chi connectivity index (χ0) is 19.3. The van der Waals surface area contributed by atoms with E-state index in [1.54, 1.807) is 13.2 Å². The second-order valence-corrected chi connectivity index (χ2v) is 6.62. The molecule has 1 atom stereocenters. The van der Waals surface area contributed by atoms with Gasteiger partial charge in [-0.3, -0.25) is 4.79 Å². The van der Waals surface area contributed by atoms with Crippen molar-refractivity contribution in [2.24, 2.45) is 0 Å². The van der Waals surface area contributed by atoms with Gasteiger partial charge in [0.25, 0.3) is 0 Å². The Morgan fingerprint density at radius 2 is 1.89 bits per heavy atom. The molecule has 3 aromatic rings. The van der Waals surface area contributed by atoms with Crippen molar-refractivity contribution in [1.29, 1.82) is 0 Å². The number of ether oxygens (including phenoxy) is 5. The zero-order valence-electron chi connectivity index (χ0n) is 15.4. The lowest BCUT2D eigenvalue weighted by Gasteiger charge is -2.27. The molecule has 1 unspecified atom stereocenters. The minimum absolute atomic E-state index is 0.161. The summed E-state index contributed by atoms with van der Waals surface area (Å²) in [6, 6.07) is 11.3. The Balaban J connectivity index is 1.69. The van der Waals surface area contributed by atoms with Crippen LogP contribution < -0.4 is 18.9 Å². The number of hydrogen-bond acceptors (Lipinski definition) is 7. The molecule has 0 aliphatic carbocycles. The molecule has 1 aromatic heterocycles. The summed E-state index contributed by atoms with van der Waals surface area (Å²) in [4.78, 5) is 16.8. The summed E-state index contributed by atoms with van der Waals surface area (Å²) < 4.78 is 27.3. The fourth-order valence-corrected chi connectivity index (χ4v) is 3.65. The molecular weight excluding hydrogens is 362 g/mol. The summed E-state index contributed by atoms with van der Waals surface area (Å²) in [7, 11) is 3.00. The average molecular weight is 379 g/mol. The molecule has 0 amide bonds. The fourth-order valence-electron chi connectivity index (χ4n) is 3.65. The van der Waals surface area contributed by atoms with Crippen LogP contribution in [0.3, 0.4) is 0 Å². The highest BCUT2D eigenvalue weighted by Gasteiger charge is 2.33. The number of rotatable bonds is 3. The molecular formula is C21H17NO6. The largest absolute Gasteiger partial charge is 0.497 e. The van der Waals surface area contributed by atoms with Gasteiger partial charge in [0.15, 0.2) is 11.5 Å². The molecule has 0 spiro atoms.